The first-order valence-corrected chi connectivity index (χ1v) is 8.20. The number of carbonyl (C=O) groups is 2. The Morgan fingerprint density at radius 2 is 1.48 bits per heavy atom. The number of carbonyl (C=O) groups excluding carboxylic acids is 2. The molecular weight excluding hydrogens is 268 g/mol. The molecule has 0 saturated carbocycles. The summed E-state index contributed by atoms with van der Waals surface area (Å²) < 4.78 is 0. The summed E-state index contributed by atoms with van der Waals surface area (Å²) in [6, 6.07) is 0. The van der Waals surface area contributed by atoms with E-state index in [-0.39, 0.29) is 11.4 Å². The number of ketones is 2. The van der Waals surface area contributed by atoms with Gasteiger partial charge in [-0.1, -0.05) is 58.3 Å². The lowest BCUT2D eigenvalue weighted by molar-refractivity contribution is -0.183. The van der Waals surface area contributed by atoms with E-state index in [1.165, 1.54) is 44.6 Å². The monoisotopic (exact) mass is 296 g/mol. The molecule has 0 aliphatic heterocycles. The second-order valence-corrected chi connectivity index (χ2v) is 6.04. The second kappa shape index (κ2) is 9.11. The minimum atomic E-state index is -2.49. The van der Waals surface area contributed by atoms with E-state index in [0.29, 0.717) is 6.42 Å². The van der Waals surface area contributed by atoms with Gasteiger partial charge in [-0.05, 0) is 18.9 Å². The Balaban J connectivity index is 2.15. The molecule has 0 aromatic carbocycles. The van der Waals surface area contributed by atoms with E-state index in [2.05, 4.69) is 6.92 Å². The summed E-state index contributed by atoms with van der Waals surface area (Å²) in [7, 11) is 0. The Kier molecular flexibility index (Phi) is 7.83. The van der Waals surface area contributed by atoms with Crippen molar-refractivity contribution in [2.24, 2.45) is 0 Å². The molecule has 0 fully saturated rings. The summed E-state index contributed by atoms with van der Waals surface area (Å²) in [5.74, 6) is -3.58. The maximum absolute atomic E-state index is 11.7. The van der Waals surface area contributed by atoms with Crippen LogP contribution in [0.4, 0.5) is 0 Å². The molecule has 0 aromatic heterocycles. The summed E-state index contributed by atoms with van der Waals surface area (Å²) in [5.41, 5.74) is 0.263. The van der Waals surface area contributed by atoms with Gasteiger partial charge >= 0.3 is 0 Å². The molecule has 0 radical (unpaired) electrons. The number of hydrogen-bond donors (Lipinski definition) is 2. The molecule has 0 heterocycles. The fourth-order valence-electron chi connectivity index (χ4n) is 2.70. The highest BCUT2D eigenvalue weighted by Gasteiger charge is 2.40. The van der Waals surface area contributed by atoms with Gasteiger partial charge in [-0.15, -0.1) is 0 Å². The molecule has 1 aliphatic carbocycles. The van der Waals surface area contributed by atoms with Crippen molar-refractivity contribution in [3.05, 3.63) is 11.6 Å². The van der Waals surface area contributed by atoms with E-state index >= 15 is 0 Å². The standard InChI is InChI=1S/C17H28O4/c1-2-3-4-5-6-7-8-9-10-11-14-12-15(18)13-17(20,21)16(14)19/h12,20-21H,2-11,13H2,1H3. The molecule has 2 N–H and O–H groups in total. The van der Waals surface area contributed by atoms with E-state index in [9.17, 15) is 19.8 Å². The Bertz CT molecular complexity index is 382. The molecule has 0 aromatic rings. The highest BCUT2D eigenvalue weighted by atomic mass is 16.5. The molecule has 0 spiro atoms. The lowest BCUT2D eigenvalue weighted by Crippen LogP contribution is -2.44. The van der Waals surface area contributed by atoms with Gasteiger partial charge in [0.15, 0.2) is 5.78 Å². The molecule has 4 nitrogen and oxygen atoms in total. The first-order valence-electron chi connectivity index (χ1n) is 8.20. The predicted octanol–water partition coefficient (Wildman–Crippen LogP) is 3.06. The molecule has 0 amide bonds. The van der Waals surface area contributed by atoms with Crippen LogP contribution in [0.1, 0.15) is 77.6 Å². The lowest BCUT2D eigenvalue weighted by Gasteiger charge is -2.24. The maximum Gasteiger partial charge on any atom is 0.235 e. The molecule has 0 bridgehead atoms. The molecule has 1 aliphatic rings. The van der Waals surface area contributed by atoms with Gasteiger partial charge in [0.2, 0.25) is 11.6 Å². The quantitative estimate of drug-likeness (QED) is 0.480. The van der Waals surface area contributed by atoms with E-state index in [1.807, 2.05) is 0 Å². The molecule has 120 valence electrons. The van der Waals surface area contributed by atoms with Crippen molar-refractivity contribution >= 4 is 11.6 Å². The highest BCUT2D eigenvalue weighted by molar-refractivity contribution is 6.12. The summed E-state index contributed by atoms with van der Waals surface area (Å²) in [4.78, 5) is 23.1. The molecule has 4 heteroatoms. The zero-order valence-corrected chi connectivity index (χ0v) is 13.1. The lowest BCUT2D eigenvalue weighted by atomic mass is 9.88. The molecule has 0 unspecified atom stereocenters. The average Bonchev–Trinajstić information content (AvgIpc) is 2.41. The van der Waals surface area contributed by atoms with Crippen LogP contribution in [-0.2, 0) is 9.59 Å². The number of aliphatic hydroxyl groups is 2. The Hall–Kier alpha value is -1.00. The Labute approximate surface area is 127 Å². The third-order valence-corrected chi connectivity index (χ3v) is 3.96. The number of unbranched alkanes of at least 4 members (excludes halogenated alkanes) is 8. The normalized spacial score (nSPS) is 18.0. The molecular formula is C17H28O4. The van der Waals surface area contributed by atoms with Gasteiger partial charge in [0.1, 0.15) is 0 Å². The predicted molar refractivity (Wildman–Crippen MR) is 81.7 cm³/mol. The van der Waals surface area contributed by atoms with Crippen LogP contribution in [0.2, 0.25) is 0 Å². The number of hydrogen-bond acceptors (Lipinski definition) is 4. The van der Waals surface area contributed by atoms with Crippen LogP contribution in [0.25, 0.3) is 0 Å². The van der Waals surface area contributed by atoms with Crippen LogP contribution >= 0.6 is 0 Å². The fraction of sp³-hybridized carbons (Fsp3) is 0.765. The van der Waals surface area contributed by atoms with Crippen LogP contribution in [-0.4, -0.2) is 27.6 Å². The third-order valence-electron chi connectivity index (χ3n) is 3.96. The van der Waals surface area contributed by atoms with Crippen molar-refractivity contribution < 1.29 is 19.8 Å². The third kappa shape index (κ3) is 6.53. The van der Waals surface area contributed by atoms with Gasteiger partial charge in [0.05, 0.1) is 6.42 Å². The van der Waals surface area contributed by atoms with Crippen molar-refractivity contribution in [2.75, 3.05) is 0 Å². The minimum Gasteiger partial charge on any atom is -0.359 e. The topological polar surface area (TPSA) is 74.6 Å². The van der Waals surface area contributed by atoms with Crippen LogP contribution in [0.3, 0.4) is 0 Å². The van der Waals surface area contributed by atoms with Gasteiger partial charge in [0.25, 0.3) is 0 Å². The van der Waals surface area contributed by atoms with E-state index < -0.39 is 18.0 Å². The number of rotatable bonds is 10. The largest absolute Gasteiger partial charge is 0.359 e. The number of Topliss-reactive ketones (excluding diaryl/α,β-unsaturated/α-hetero) is 1. The summed E-state index contributed by atoms with van der Waals surface area (Å²) in [5, 5.41) is 18.9. The van der Waals surface area contributed by atoms with Gasteiger partial charge < -0.3 is 10.2 Å². The summed E-state index contributed by atoms with van der Waals surface area (Å²) in [6.07, 6.45) is 11.8. The van der Waals surface area contributed by atoms with Crippen molar-refractivity contribution in [3.8, 4) is 0 Å². The molecule has 0 atom stereocenters. The fourth-order valence-corrected chi connectivity index (χ4v) is 2.70. The first-order chi connectivity index (χ1) is 9.97. The Morgan fingerprint density at radius 3 is 2.05 bits per heavy atom. The van der Waals surface area contributed by atoms with Crippen LogP contribution < -0.4 is 0 Å². The van der Waals surface area contributed by atoms with Gasteiger partial charge in [-0.25, -0.2) is 0 Å². The zero-order valence-electron chi connectivity index (χ0n) is 13.1. The molecule has 21 heavy (non-hydrogen) atoms. The average molecular weight is 296 g/mol. The van der Waals surface area contributed by atoms with Crippen molar-refractivity contribution in [2.45, 2.75) is 83.3 Å². The van der Waals surface area contributed by atoms with Crippen LogP contribution in [0, 0.1) is 0 Å². The van der Waals surface area contributed by atoms with E-state index in [1.54, 1.807) is 0 Å². The first kappa shape index (κ1) is 18.1. The SMILES string of the molecule is CCCCCCCCCCCC1=CC(=O)CC(O)(O)C1=O. The summed E-state index contributed by atoms with van der Waals surface area (Å²) in [6.45, 7) is 2.21. The smallest absolute Gasteiger partial charge is 0.235 e. The molecule has 1 rings (SSSR count). The minimum absolute atomic E-state index is 0.263. The van der Waals surface area contributed by atoms with Gasteiger partial charge in [0, 0.05) is 5.57 Å². The summed E-state index contributed by atoms with van der Waals surface area (Å²) >= 11 is 0. The second-order valence-electron chi connectivity index (χ2n) is 6.04. The van der Waals surface area contributed by atoms with E-state index in [0.717, 1.165) is 19.3 Å². The van der Waals surface area contributed by atoms with Crippen LogP contribution in [0.5, 0.6) is 0 Å². The number of allylic oxidation sites excluding steroid dienone is 1. The van der Waals surface area contributed by atoms with E-state index in [4.69, 9.17) is 0 Å². The maximum atomic E-state index is 11.7. The highest BCUT2D eigenvalue weighted by Crippen LogP contribution is 2.24. The van der Waals surface area contributed by atoms with Crippen LogP contribution in [0.15, 0.2) is 11.6 Å². The molecule has 0 saturated heterocycles. The van der Waals surface area contributed by atoms with Crippen molar-refractivity contribution in [1.82, 2.24) is 0 Å². The van der Waals surface area contributed by atoms with Gasteiger partial charge in [-0.2, -0.15) is 0 Å². The zero-order chi connectivity index (χ0) is 15.7. The van der Waals surface area contributed by atoms with Crippen molar-refractivity contribution in [3.63, 3.8) is 0 Å². The van der Waals surface area contributed by atoms with Gasteiger partial charge in [-0.3, -0.25) is 9.59 Å². The van der Waals surface area contributed by atoms with Crippen molar-refractivity contribution in [1.29, 1.82) is 0 Å². The Morgan fingerprint density at radius 1 is 0.952 bits per heavy atom.